The molecule has 4 heavy (non-hydrogen) atoms. The Morgan fingerprint density at radius 2 is 1.25 bits per heavy atom. The van der Waals surface area contributed by atoms with Gasteiger partial charge in [0.05, 0.1) is 0 Å². The zero-order valence-corrected chi connectivity index (χ0v) is 2.24. The maximum Gasteiger partial charge on any atom is -0.0149 e. The molecule has 0 bridgehead atoms. The largest absolute Gasteiger partial charge is 0.0149 e. The molecule has 0 aliphatic heterocycles. The van der Waals surface area contributed by atoms with E-state index in [-0.39, 0.29) is 29.8 Å². The minimum Gasteiger partial charge on any atom is -0.0149 e. The van der Waals surface area contributed by atoms with Gasteiger partial charge in [0, 0.05) is 0 Å². The molecule has 0 aromatic heterocycles. The third kappa shape index (κ3) is 10.2. The molecular weight excluding hydrogens is 111 g/mol. The van der Waals surface area contributed by atoms with Crippen molar-refractivity contribution in [3.05, 3.63) is 0 Å². The van der Waals surface area contributed by atoms with Crippen LogP contribution in [0.25, 0.3) is 0 Å². The molecule has 0 rings (SSSR count). The van der Waals surface area contributed by atoms with Crippen molar-refractivity contribution in [2.75, 3.05) is 0 Å². The van der Waals surface area contributed by atoms with Crippen LogP contribution in [-0.2, 0) is 16.0 Å². The van der Waals surface area contributed by atoms with Crippen molar-refractivity contribution in [1.29, 1.82) is 0 Å². The quantitative estimate of drug-likeness (QED) is 0.339. The summed E-state index contributed by atoms with van der Waals surface area (Å²) in [7, 11) is 0. The average Bonchev–Trinajstić information content (AvgIpc) is 1.00. The second-order valence-electron chi connectivity index (χ2n) is 0. The van der Waals surface area contributed by atoms with E-state index in [0.717, 1.165) is 0 Å². The molecule has 0 saturated carbocycles. The molecule has 0 fully saturated rings. The molecule has 0 N–H and O–H groups in total. The molecule has 0 aliphatic carbocycles. The predicted octanol–water partition coefficient (Wildman–Crippen LogP) is -1.52. The summed E-state index contributed by atoms with van der Waals surface area (Å²) in [5.74, 6) is 1.56. The van der Waals surface area contributed by atoms with E-state index in [1.54, 1.807) is 5.82 Å². The zero-order chi connectivity index (χ0) is 2.00. The van der Waals surface area contributed by atoms with Gasteiger partial charge in [0.1, 0.15) is 0 Å². The molecular formula is CH8CuLiSi. The first kappa shape index (κ1) is 18.4. The Labute approximate surface area is 51.7 Å². The van der Waals surface area contributed by atoms with Crippen LogP contribution >= 0.6 is 0 Å². The summed E-state index contributed by atoms with van der Waals surface area (Å²) in [6, 6.07) is 0. The normalized spacial score (nSPS) is 1.75. The summed E-state index contributed by atoms with van der Waals surface area (Å²) in [6.07, 6.45) is 0. The maximum absolute atomic E-state index is 4.19. The molecule has 0 aromatic carbocycles. The van der Waals surface area contributed by atoms with Crippen LogP contribution in [0.1, 0.15) is 0 Å². The fourth-order valence-electron chi connectivity index (χ4n) is 0. The van der Waals surface area contributed by atoms with E-state index in [1.807, 2.05) is 0 Å². The summed E-state index contributed by atoms with van der Waals surface area (Å²) < 4.78 is 0. The van der Waals surface area contributed by atoms with Crippen LogP contribution in [0.5, 0.6) is 0 Å². The second-order valence-corrected chi connectivity index (χ2v) is 0. The molecule has 0 unspecified atom stereocenters. The van der Waals surface area contributed by atoms with Gasteiger partial charge in [-0.2, -0.15) is 0 Å². The molecule has 0 radical (unpaired) electrons. The smallest absolute Gasteiger partial charge is 0.0149 e. The molecule has 0 aliphatic rings. The Morgan fingerprint density at radius 1 is 1.25 bits per heavy atom. The minimum absolute atomic E-state index is 0. The van der Waals surface area contributed by atoms with Crippen molar-refractivity contribution in [3.8, 4) is 0 Å². The number of hydrogen-bond acceptors (Lipinski definition) is 0. The van der Waals surface area contributed by atoms with Gasteiger partial charge in [0.25, 0.3) is 0 Å². The van der Waals surface area contributed by atoms with Crippen LogP contribution in [-0.4, -0.2) is 29.8 Å². The first-order valence-corrected chi connectivity index (χ1v) is 1.24. The molecule has 0 nitrogen and oxygen atoms in total. The van der Waals surface area contributed by atoms with Crippen LogP contribution in [0.2, 0.25) is 5.82 Å². The average molecular weight is 119 g/mol. The standard InChI is InChI=1S/CH3.Cu.Li.H4Si.H/h1H3;;;1H4;. The number of rotatable bonds is 0. The first-order valence-electron chi connectivity index (χ1n) is 0.302. The topological polar surface area (TPSA) is 0 Å². The van der Waals surface area contributed by atoms with Gasteiger partial charge in [-0.15, -0.1) is 0 Å². The van der Waals surface area contributed by atoms with Crippen LogP contribution in [0.3, 0.4) is 0 Å². The van der Waals surface area contributed by atoms with Gasteiger partial charge in [-0.25, -0.2) is 0 Å². The van der Waals surface area contributed by atoms with Crippen LogP contribution in [0.15, 0.2) is 0 Å². The van der Waals surface area contributed by atoms with E-state index < -0.39 is 0 Å². The van der Waals surface area contributed by atoms with E-state index in [2.05, 4.69) is 16.0 Å². The van der Waals surface area contributed by atoms with Gasteiger partial charge < -0.3 is 0 Å². The van der Waals surface area contributed by atoms with Crippen molar-refractivity contribution in [1.82, 2.24) is 0 Å². The van der Waals surface area contributed by atoms with Gasteiger partial charge in [-0.3, -0.25) is 0 Å². The molecule has 0 atom stereocenters. The van der Waals surface area contributed by atoms with Gasteiger partial charge in [0.15, 0.2) is 0 Å². The molecule has 28 valence electrons. The van der Waals surface area contributed by atoms with Crippen molar-refractivity contribution in [2.45, 2.75) is 5.82 Å². The van der Waals surface area contributed by atoms with Crippen molar-refractivity contribution < 1.29 is 16.0 Å². The van der Waals surface area contributed by atoms with Crippen molar-refractivity contribution in [3.63, 3.8) is 0 Å². The second kappa shape index (κ2) is 27.1. The summed E-state index contributed by atoms with van der Waals surface area (Å²) in [4.78, 5) is 0. The maximum atomic E-state index is 4.19. The van der Waals surface area contributed by atoms with Gasteiger partial charge in [-0.05, 0) is 11.0 Å². The Balaban J connectivity index is -0.00000000500. The van der Waals surface area contributed by atoms with Crippen LogP contribution < -0.4 is 0 Å². The van der Waals surface area contributed by atoms with Crippen LogP contribution in [0, 0.1) is 0 Å². The van der Waals surface area contributed by atoms with Crippen molar-refractivity contribution >= 4 is 29.8 Å². The first-order chi connectivity index (χ1) is 1.00. The fourth-order valence-corrected chi connectivity index (χ4v) is 0. The molecule has 0 spiro atoms. The zero-order valence-electron chi connectivity index (χ0n) is 1.30. The van der Waals surface area contributed by atoms with Gasteiger partial charge >= 0.3 is 40.7 Å². The summed E-state index contributed by atoms with van der Waals surface area (Å²) in [5, 5.41) is 0. The van der Waals surface area contributed by atoms with E-state index in [4.69, 9.17) is 0 Å². The van der Waals surface area contributed by atoms with E-state index in [0.29, 0.717) is 0 Å². The third-order valence-corrected chi connectivity index (χ3v) is 0. The van der Waals surface area contributed by atoms with E-state index in [1.165, 1.54) is 0 Å². The molecule has 0 amide bonds. The fraction of sp³-hybridized carbons (Fsp3) is 1.00. The Kier molecular flexibility index (Phi) is 124. The Morgan fingerprint density at radius 3 is 1.25 bits per heavy atom. The summed E-state index contributed by atoms with van der Waals surface area (Å²) in [6.45, 7) is 0. The summed E-state index contributed by atoms with van der Waals surface area (Å²) >= 11 is 4.19. The Hall–Kier alpha value is 1.33. The van der Waals surface area contributed by atoms with E-state index in [9.17, 15) is 0 Å². The predicted molar refractivity (Wildman–Crippen MR) is 24.3 cm³/mol. The van der Waals surface area contributed by atoms with Gasteiger partial charge in [-0.1, -0.05) is 0 Å². The van der Waals surface area contributed by atoms with Crippen LogP contribution in [0.4, 0.5) is 0 Å². The van der Waals surface area contributed by atoms with Gasteiger partial charge in [0.2, 0.25) is 0 Å². The Bertz CT molecular complexity index is 8.00. The molecule has 0 aromatic rings. The molecule has 0 heterocycles. The van der Waals surface area contributed by atoms with Crippen molar-refractivity contribution in [2.24, 2.45) is 0 Å². The monoisotopic (exact) mass is 118 g/mol. The summed E-state index contributed by atoms with van der Waals surface area (Å²) in [5.41, 5.74) is 0. The SMILES string of the molecule is [CH3][Cu].[LiH].[SiH4]. The number of hydrogen-bond donors (Lipinski definition) is 0. The third-order valence-electron chi connectivity index (χ3n) is 0. The minimum atomic E-state index is 0. The molecule has 3 heteroatoms. The van der Waals surface area contributed by atoms with E-state index >= 15 is 0 Å². The molecule has 0 saturated heterocycles.